The molecule has 0 unspecified atom stereocenters. The van der Waals surface area contributed by atoms with E-state index in [-0.39, 0.29) is 43.1 Å². The van der Waals surface area contributed by atoms with Crippen molar-refractivity contribution in [1.82, 2.24) is 19.9 Å². The van der Waals surface area contributed by atoms with Gasteiger partial charge in [-0.3, -0.25) is 4.79 Å². The Morgan fingerprint density at radius 2 is 1.94 bits per heavy atom. The summed E-state index contributed by atoms with van der Waals surface area (Å²) in [7, 11) is 0. The summed E-state index contributed by atoms with van der Waals surface area (Å²) in [5, 5.41) is 9.39. The van der Waals surface area contributed by atoms with Gasteiger partial charge in [0.2, 0.25) is 5.91 Å². The monoisotopic (exact) mass is 482 g/mol. The molecule has 10 nitrogen and oxygen atoms in total. The number of benzene rings is 1. The molecule has 0 atom stereocenters. The fourth-order valence-corrected chi connectivity index (χ4v) is 3.47. The lowest BCUT2D eigenvalue weighted by Crippen LogP contribution is -2.52. The van der Waals surface area contributed by atoms with Crippen molar-refractivity contribution in [2.24, 2.45) is 10.2 Å². The van der Waals surface area contributed by atoms with Crippen LogP contribution in [0.5, 0.6) is 0 Å². The van der Waals surface area contributed by atoms with E-state index in [0.717, 1.165) is 18.3 Å². The number of carbonyl (C=O) groups is 1. The van der Waals surface area contributed by atoms with E-state index in [4.69, 9.17) is 4.74 Å². The van der Waals surface area contributed by atoms with Crippen LogP contribution in [0.2, 0.25) is 0 Å². The molecule has 34 heavy (non-hydrogen) atoms. The minimum absolute atomic E-state index is 0.0276. The molecule has 182 valence electrons. The van der Waals surface area contributed by atoms with Crippen LogP contribution in [-0.4, -0.2) is 78.4 Å². The van der Waals surface area contributed by atoms with Gasteiger partial charge < -0.3 is 20.0 Å². The SMILES string of the molecule is O=C1CN(Nc2cccc(C(F)(F)F)c2)CCN1CN=Nc1ncc(F)c(N2CCOCC2)n1. The molecule has 3 heterocycles. The Kier molecular flexibility index (Phi) is 7.17. The fraction of sp³-hybridized carbons (Fsp3) is 0.450. The molecule has 1 aromatic heterocycles. The molecule has 2 saturated heterocycles. The van der Waals surface area contributed by atoms with Gasteiger partial charge in [0, 0.05) is 31.9 Å². The van der Waals surface area contributed by atoms with Gasteiger partial charge in [0.15, 0.2) is 11.6 Å². The lowest BCUT2D eigenvalue weighted by atomic mass is 10.2. The molecule has 14 heteroatoms. The van der Waals surface area contributed by atoms with Crippen molar-refractivity contribution in [1.29, 1.82) is 0 Å². The predicted molar refractivity (Wildman–Crippen MR) is 113 cm³/mol. The van der Waals surface area contributed by atoms with Crippen molar-refractivity contribution >= 4 is 23.4 Å². The zero-order chi connectivity index (χ0) is 24.1. The van der Waals surface area contributed by atoms with Crippen LogP contribution in [0.1, 0.15) is 5.56 Å². The number of aromatic nitrogens is 2. The number of halogens is 4. The molecule has 2 aliphatic heterocycles. The summed E-state index contributed by atoms with van der Waals surface area (Å²) in [6.45, 7) is 2.48. The van der Waals surface area contributed by atoms with Crippen LogP contribution in [0.25, 0.3) is 0 Å². The van der Waals surface area contributed by atoms with E-state index in [1.54, 1.807) is 4.90 Å². The first kappa shape index (κ1) is 23.8. The lowest BCUT2D eigenvalue weighted by Gasteiger charge is -2.33. The molecular formula is C20H22F4N8O2. The number of nitrogens with zero attached hydrogens (tertiary/aromatic N) is 7. The van der Waals surface area contributed by atoms with Crippen molar-refractivity contribution in [3.63, 3.8) is 0 Å². The summed E-state index contributed by atoms with van der Waals surface area (Å²) in [5.74, 6) is -0.753. The number of ether oxygens (including phenoxy) is 1. The summed E-state index contributed by atoms with van der Waals surface area (Å²) in [6, 6.07) is 4.76. The minimum Gasteiger partial charge on any atom is -0.378 e. The zero-order valence-electron chi connectivity index (χ0n) is 18.0. The van der Waals surface area contributed by atoms with Gasteiger partial charge in [0.25, 0.3) is 5.95 Å². The maximum Gasteiger partial charge on any atom is 0.416 e. The topological polar surface area (TPSA) is 98.5 Å². The van der Waals surface area contributed by atoms with Gasteiger partial charge in [-0.05, 0) is 18.2 Å². The number of amides is 1. The smallest absolute Gasteiger partial charge is 0.378 e. The van der Waals surface area contributed by atoms with Crippen molar-refractivity contribution in [3.05, 3.63) is 41.8 Å². The predicted octanol–water partition coefficient (Wildman–Crippen LogP) is 2.68. The number of anilines is 2. The molecule has 0 spiro atoms. The third kappa shape index (κ3) is 5.94. The quantitative estimate of drug-likeness (QED) is 0.499. The van der Waals surface area contributed by atoms with E-state index in [2.05, 4.69) is 25.6 Å². The van der Waals surface area contributed by atoms with Crippen LogP contribution < -0.4 is 10.3 Å². The van der Waals surface area contributed by atoms with Crippen LogP contribution in [0.4, 0.5) is 35.0 Å². The average Bonchev–Trinajstić information content (AvgIpc) is 2.82. The molecule has 1 N–H and O–H groups in total. The van der Waals surface area contributed by atoms with Gasteiger partial charge in [-0.25, -0.2) is 14.4 Å². The number of piperazine rings is 1. The maximum absolute atomic E-state index is 14.1. The van der Waals surface area contributed by atoms with Crippen molar-refractivity contribution < 1.29 is 27.1 Å². The molecule has 2 aliphatic rings. The van der Waals surface area contributed by atoms with Crippen molar-refractivity contribution in [2.45, 2.75) is 6.18 Å². The standard InChI is InChI=1S/C20H22F4N8O2/c21-16-11-25-19(27-18(16)30-6-8-34-9-7-30)28-26-13-31-4-5-32(12-17(31)33)29-15-3-1-2-14(10-15)20(22,23)24/h1-3,10-11,29H,4-9,12-13H2. The molecule has 1 aromatic carbocycles. The van der Waals surface area contributed by atoms with Gasteiger partial charge in [-0.2, -0.15) is 23.3 Å². The Labute approximate surface area is 192 Å². The first-order chi connectivity index (χ1) is 16.3. The summed E-state index contributed by atoms with van der Waals surface area (Å²) in [6.07, 6.45) is -3.43. The number of hydrogen-bond acceptors (Lipinski definition) is 9. The molecule has 2 fully saturated rings. The first-order valence-corrected chi connectivity index (χ1v) is 10.5. The Morgan fingerprint density at radius 3 is 2.68 bits per heavy atom. The highest BCUT2D eigenvalue weighted by atomic mass is 19.4. The van der Waals surface area contributed by atoms with E-state index in [0.29, 0.717) is 32.8 Å². The summed E-state index contributed by atoms with van der Waals surface area (Å²) < 4.78 is 58.0. The van der Waals surface area contributed by atoms with Crippen LogP contribution in [0, 0.1) is 5.82 Å². The van der Waals surface area contributed by atoms with Gasteiger partial charge in [-0.15, -0.1) is 5.11 Å². The largest absolute Gasteiger partial charge is 0.416 e. The van der Waals surface area contributed by atoms with Crippen molar-refractivity contribution in [2.75, 3.05) is 62.9 Å². The number of rotatable bonds is 6. The second kappa shape index (κ2) is 10.3. The highest BCUT2D eigenvalue weighted by Gasteiger charge is 2.31. The highest BCUT2D eigenvalue weighted by molar-refractivity contribution is 5.79. The Balaban J connectivity index is 1.31. The Hall–Kier alpha value is -3.39. The van der Waals surface area contributed by atoms with E-state index in [1.165, 1.54) is 22.0 Å². The van der Waals surface area contributed by atoms with Gasteiger partial charge >= 0.3 is 6.18 Å². The van der Waals surface area contributed by atoms with Crippen molar-refractivity contribution in [3.8, 4) is 0 Å². The average molecular weight is 482 g/mol. The number of azo groups is 1. The van der Waals surface area contributed by atoms with E-state index in [1.807, 2.05) is 0 Å². The molecule has 0 saturated carbocycles. The van der Waals surface area contributed by atoms with E-state index in [9.17, 15) is 22.4 Å². The first-order valence-electron chi connectivity index (χ1n) is 10.5. The molecule has 2 aromatic rings. The lowest BCUT2D eigenvalue weighted by molar-refractivity contribution is -0.138. The normalized spacial score (nSPS) is 18.1. The molecule has 0 radical (unpaired) electrons. The molecule has 0 aliphatic carbocycles. The second-order valence-electron chi connectivity index (χ2n) is 7.59. The number of morpholine rings is 1. The Bertz CT molecular complexity index is 1050. The maximum atomic E-state index is 14.1. The second-order valence-corrected chi connectivity index (χ2v) is 7.59. The van der Waals surface area contributed by atoms with E-state index >= 15 is 0 Å². The minimum atomic E-state index is -4.45. The fourth-order valence-electron chi connectivity index (χ4n) is 3.47. The summed E-state index contributed by atoms with van der Waals surface area (Å²) in [5.41, 5.74) is 2.29. The van der Waals surface area contributed by atoms with Crippen LogP contribution in [0.3, 0.4) is 0 Å². The third-order valence-electron chi connectivity index (χ3n) is 5.21. The zero-order valence-corrected chi connectivity index (χ0v) is 18.0. The van der Waals surface area contributed by atoms with Crippen LogP contribution >= 0.6 is 0 Å². The molecule has 4 rings (SSSR count). The number of alkyl halides is 3. The van der Waals surface area contributed by atoms with Crippen LogP contribution in [0.15, 0.2) is 40.7 Å². The highest BCUT2D eigenvalue weighted by Crippen LogP contribution is 2.30. The molecule has 0 bridgehead atoms. The molecule has 1 amide bonds. The Morgan fingerprint density at radius 1 is 1.15 bits per heavy atom. The summed E-state index contributed by atoms with van der Waals surface area (Å²) in [4.78, 5) is 23.5. The number of carbonyl (C=O) groups excluding carboxylic acids is 1. The number of hydrazine groups is 1. The summed E-state index contributed by atoms with van der Waals surface area (Å²) >= 11 is 0. The van der Waals surface area contributed by atoms with E-state index < -0.39 is 17.6 Å². The van der Waals surface area contributed by atoms with Gasteiger partial charge in [0.05, 0.1) is 31.5 Å². The number of nitrogens with one attached hydrogen (secondary N) is 1. The van der Waals surface area contributed by atoms with Gasteiger partial charge in [-0.1, -0.05) is 6.07 Å². The van der Waals surface area contributed by atoms with Crippen LogP contribution in [-0.2, 0) is 15.7 Å². The number of hydrogen-bond donors (Lipinski definition) is 1. The molecular weight excluding hydrogens is 460 g/mol. The van der Waals surface area contributed by atoms with Gasteiger partial charge in [0.1, 0.15) is 6.67 Å². The third-order valence-corrected chi connectivity index (χ3v) is 5.21.